The zero-order chi connectivity index (χ0) is 17.5. The van der Waals surface area contributed by atoms with Gasteiger partial charge in [0.2, 0.25) is 5.82 Å². The number of ether oxygens (including phenoxy) is 1. The second-order valence-corrected chi connectivity index (χ2v) is 6.81. The highest BCUT2D eigenvalue weighted by atomic mass is 19.2. The van der Waals surface area contributed by atoms with Crippen molar-refractivity contribution in [3.8, 4) is 5.75 Å². The van der Waals surface area contributed by atoms with E-state index in [2.05, 4.69) is 6.92 Å². The fourth-order valence-corrected chi connectivity index (χ4v) is 3.47. The lowest BCUT2D eigenvalue weighted by atomic mass is 9.77. The third kappa shape index (κ3) is 4.55. The summed E-state index contributed by atoms with van der Waals surface area (Å²) in [7, 11) is 0. The summed E-state index contributed by atoms with van der Waals surface area (Å²) >= 11 is 0. The SMILES string of the molecule is CCCCC1CCC(C(=O)c2ccc(OCCC)c(F)c2F)CC1. The Morgan fingerprint density at radius 3 is 2.42 bits per heavy atom. The van der Waals surface area contributed by atoms with Crippen molar-refractivity contribution in [2.24, 2.45) is 11.8 Å². The molecule has 4 heteroatoms. The van der Waals surface area contributed by atoms with E-state index >= 15 is 0 Å². The largest absolute Gasteiger partial charge is 0.490 e. The summed E-state index contributed by atoms with van der Waals surface area (Å²) in [4.78, 5) is 12.6. The standard InChI is InChI=1S/C20H28F2O2/c1-3-5-6-14-7-9-15(10-8-14)20(23)16-11-12-17(24-13-4-2)19(22)18(16)21/h11-12,14-15H,3-10,13H2,1-2H3. The Morgan fingerprint density at radius 1 is 1.08 bits per heavy atom. The molecule has 134 valence electrons. The van der Waals surface area contributed by atoms with Crippen molar-refractivity contribution in [1.29, 1.82) is 0 Å². The van der Waals surface area contributed by atoms with E-state index in [4.69, 9.17) is 4.74 Å². The molecule has 0 saturated heterocycles. The summed E-state index contributed by atoms with van der Waals surface area (Å²) in [5.41, 5.74) is -0.131. The van der Waals surface area contributed by atoms with Gasteiger partial charge in [0.25, 0.3) is 0 Å². The number of unbranched alkanes of at least 4 members (excludes halogenated alkanes) is 1. The van der Waals surface area contributed by atoms with Crippen molar-refractivity contribution < 1.29 is 18.3 Å². The smallest absolute Gasteiger partial charge is 0.201 e. The predicted octanol–water partition coefficient (Wildman–Crippen LogP) is 5.93. The molecule has 0 N–H and O–H groups in total. The van der Waals surface area contributed by atoms with Crippen molar-refractivity contribution in [3.63, 3.8) is 0 Å². The number of Topliss-reactive ketones (excluding diaryl/α,β-unsaturated/α-hetero) is 1. The fourth-order valence-electron chi connectivity index (χ4n) is 3.47. The zero-order valence-electron chi connectivity index (χ0n) is 14.7. The van der Waals surface area contributed by atoms with Crippen LogP contribution in [0.25, 0.3) is 0 Å². The average molecular weight is 338 g/mol. The maximum atomic E-state index is 14.3. The highest BCUT2D eigenvalue weighted by molar-refractivity contribution is 5.98. The summed E-state index contributed by atoms with van der Waals surface area (Å²) in [5.74, 6) is -2.00. The normalized spacial score (nSPS) is 20.8. The first-order chi connectivity index (χ1) is 11.6. The molecule has 1 saturated carbocycles. The molecule has 1 aliphatic rings. The van der Waals surface area contributed by atoms with Crippen LogP contribution < -0.4 is 4.74 Å². The third-order valence-electron chi connectivity index (χ3n) is 4.96. The first-order valence-electron chi connectivity index (χ1n) is 9.23. The third-order valence-corrected chi connectivity index (χ3v) is 4.96. The highest BCUT2D eigenvalue weighted by Crippen LogP contribution is 2.35. The molecule has 2 nitrogen and oxygen atoms in total. The van der Waals surface area contributed by atoms with E-state index in [1.165, 1.54) is 31.4 Å². The fraction of sp³-hybridized carbons (Fsp3) is 0.650. The summed E-state index contributed by atoms with van der Waals surface area (Å²) < 4.78 is 33.5. The first-order valence-corrected chi connectivity index (χ1v) is 9.23. The van der Waals surface area contributed by atoms with Crippen LogP contribution in [0.4, 0.5) is 8.78 Å². The van der Waals surface area contributed by atoms with Crippen molar-refractivity contribution >= 4 is 5.78 Å². The van der Waals surface area contributed by atoms with Crippen molar-refractivity contribution in [3.05, 3.63) is 29.3 Å². The lowest BCUT2D eigenvalue weighted by molar-refractivity contribution is 0.0864. The average Bonchev–Trinajstić information content (AvgIpc) is 2.61. The van der Waals surface area contributed by atoms with Crippen molar-refractivity contribution in [2.75, 3.05) is 6.61 Å². The molecular formula is C20H28F2O2. The highest BCUT2D eigenvalue weighted by Gasteiger charge is 2.29. The van der Waals surface area contributed by atoms with Gasteiger partial charge in [0.1, 0.15) is 0 Å². The number of halogens is 2. The van der Waals surface area contributed by atoms with E-state index < -0.39 is 11.6 Å². The van der Waals surface area contributed by atoms with E-state index in [0.29, 0.717) is 18.9 Å². The minimum atomic E-state index is -1.07. The molecule has 24 heavy (non-hydrogen) atoms. The second kappa shape index (κ2) is 9.14. The number of ketones is 1. The topological polar surface area (TPSA) is 26.3 Å². The van der Waals surface area contributed by atoms with Crippen LogP contribution in [0.2, 0.25) is 0 Å². The van der Waals surface area contributed by atoms with E-state index in [-0.39, 0.29) is 23.0 Å². The zero-order valence-corrected chi connectivity index (χ0v) is 14.7. The second-order valence-electron chi connectivity index (χ2n) is 6.81. The van der Waals surface area contributed by atoms with Crippen LogP contribution in [-0.2, 0) is 0 Å². The Labute approximate surface area is 143 Å². The van der Waals surface area contributed by atoms with Crippen LogP contribution in [0.3, 0.4) is 0 Å². The van der Waals surface area contributed by atoms with Crippen LogP contribution in [0.5, 0.6) is 5.75 Å². The van der Waals surface area contributed by atoms with E-state index in [9.17, 15) is 13.6 Å². The van der Waals surface area contributed by atoms with Gasteiger partial charge in [-0.2, -0.15) is 4.39 Å². The minimum absolute atomic E-state index is 0.117. The lowest BCUT2D eigenvalue weighted by Crippen LogP contribution is -2.23. The maximum absolute atomic E-state index is 14.3. The molecular weight excluding hydrogens is 310 g/mol. The number of carbonyl (C=O) groups is 1. The monoisotopic (exact) mass is 338 g/mol. The molecule has 0 amide bonds. The van der Waals surface area contributed by atoms with Gasteiger partial charge in [-0.3, -0.25) is 4.79 Å². The Balaban J connectivity index is 2.01. The van der Waals surface area contributed by atoms with Gasteiger partial charge in [0.05, 0.1) is 12.2 Å². The van der Waals surface area contributed by atoms with Crippen molar-refractivity contribution in [2.45, 2.75) is 65.2 Å². The van der Waals surface area contributed by atoms with Gasteiger partial charge in [-0.05, 0) is 50.2 Å². The molecule has 0 radical (unpaired) electrons. The van der Waals surface area contributed by atoms with Gasteiger partial charge in [0, 0.05) is 5.92 Å². The molecule has 1 aromatic rings. The van der Waals surface area contributed by atoms with Gasteiger partial charge in [-0.25, -0.2) is 4.39 Å². The first kappa shape index (κ1) is 18.9. The van der Waals surface area contributed by atoms with E-state index in [1.54, 1.807) is 0 Å². The number of rotatable bonds is 8. The summed E-state index contributed by atoms with van der Waals surface area (Å²) in [5, 5.41) is 0. The van der Waals surface area contributed by atoms with E-state index in [0.717, 1.165) is 25.7 Å². The number of carbonyl (C=O) groups excluding carboxylic acids is 1. The van der Waals surface area contributed by atoms with Gasteiger partial charge in [-0.15, -0.1) is 0 Å². The molecule has 0 bridgehead atoms. The molecule has 1 aliphatic carbocycles. The Kier molecular flexibility index (Phi) is 7.19. The quantitative estimate of drug-likeness (QED) is 0.549. The van der Waals surface area contributed by atoms with Gasteiger partial charge >= 0.3 is 0 Å². The lowest BCUT2D eigenvalue weighted by Gasteiger charge is -2.27. The van der Waals surface area contributed by atoms with Gasteiger partial charge in [-0.1, -0.05) is 33.1 Å². The number of hydrogen-bond donors (Lipinski definition) is 0. The minimum Gasteiger partial charge on any atom is -0.490 e. The number of benzene rings is 1. The van der Waals surface area contributed by atoms with E-state index in [1.807, 2.05) is 6.92 Å². The molecule has 0 heterocycles. The molecule has 0 aromatic heterocycles. The summed E-state index contributed by atoms with van der Waals surface area (Å²) in [6.45, 7) is 4.40. The Morgan fingerprint density at radius 2 is 1.79 bits per heavy atom. The van der Waals surface area contributed by atoms with Gasteiger partial charge < -0.3 is 4.74 Å². The summed E-state index contributed by atoms with van der Waals surface area (Å²) in [6.07, 6.45) is 7.92. The van der Waals surface area contributed by atoms with Crippen LogP contribution >= 0.6 is 0 Å². The molecule has 0 aliphatic heterocycles. The van der Waals surface area contributed by atoms with Crippen LogP contribution in [0.15, 0.2) is 12.1 Å². The number of hydrogen-bond acceptors (Lipinski definition) is 2. The molecule has 0 spiro atoms. The predicted molar refractivity (Wildman–Crippen MR) is 91.4 cm³/mol. The molecule has 2 rings (SSSR count). The Bertz CT molecular complexity index is 549. The molecule has 1 fully saturated rings. The summed E-state index contributed by atoms with van der Waals surface area (Å²) in [6, 6.07) is 2.74. The van der Waals surface area contributed by atoms with Gasteiger partial charge in [0.15, 0.2) is 17.3 Å². The maximum Gasteiger partial charge on any atom is 0.201 e. The van der Waals surface area contributed by atoms with Crippen LogP contribution in [-0.4, -0.2) is 12.4 Å². The van der Waals surface area contributed by atoms with Crippen LogP contribution in [0, 0.1) is 23.5 Å². The molecule has 0 unspecified atom stereocenters. The van der Waals surface area contributed by atoms with Crippen molar-refractivity contribution in [1.82, 2.24) is 0 Å². The van der Waals surface area contributed by atoms with Crippen LogP contribution in [0.1, 0.15) is 75.6 Å². The molecule has 0 atom stereocenters. The molecule has 1 aromatic carbocycles. The Hall–Kier alpha value is -1.45.